The van der Waals surface area contributed by atoms with Crippen LogP contribution in [0.3, 0.4) is 0 Å². The first-order chi connectivity index (χ1) is 12.0. The maximum absolute atomic E-state index is 13.4. The number of halogens is 2. The van der Waals surface area contributed by atoms with Crippen molar-refractivity contribution in [2.24, 2.45) is 0 Å². The number of fused-ring (bicyclic) bond motifs is 1. The molecule has 0 amide bonds. The van der Waals surface area contributed by atoms with Gasteiger partial charge in [-0.2, -0.15) is 5.26 Å². The second-order valence-electron chi connectivity index (χ2n) is 6.62. The first kappa shape index (κ1) is 20.5. The molecule has 1 N–H and O–H groups in total. The molecular formula is C20H22BrFN2O2. The van der Waals surface area contributed by atoms with Gasteiger partial charge in [-0.3, -0.25) is 0 Å². The summed E-state index contributed by atoms with van der Waals surface area (Å²) in [6.45, 7) is 0.869. The minimum atomic E-state index is -1.10. The van der Waals surface area contributed by atoms with E-state index in [0.29, 0.717) is 17.5 Å². The summed E-state index contributed by atoms with van der Waals surface area (Å²) in [6.07, 6.45) is 0.385. The summed E-state index contributed by atoms with van der Waals surface area (Å²) in [6, 6.07) is 13.5. The number of nitriles is 1. The standard InChI is InChI=1S/C20H21FN2O2.BrH/c1-23(2)11-3-10-20(15-5-7-16(21)8-6-15)18-9-4-14(13-22)12-17(18)19(24)25-20;/h4-9,12,19,24H,3,10-11H2,1-2H3;1H. The molecule has 0 spiro atoms. The van der Waals surface area contributed by atoms with E-state index in [-0.39, 0.29) is 22.8 Å². The van der Waals surface area contributed by atoms with Gasteiger partial charge in [0.25, 0.3) is 0 Å². The molecule has 4 nitrogen and oxygen atoms in total. The molecule has 1 heterocycles. The van der Waals surface area contributed by atoms with Crippen molar-refractivity contribution < 1.29 is 14.2 Å². The van der Waals surface area contributed by atoms with Gasteiger partial charge >= 0.3 is 0 Å². The molecule has 2 aromatic carbocycles. The highest BCUT2D eigenvalue weighted by molar-refractivity contribution is 8.93. The lowest BCUT2D eigenvalue weighted by Crippen LogP contribution is -2.29. The molecule has 0 saturated carbocycles. The van der Waals surface area contributed by atoms with Gasteiger partial charge in [0, 0.05) is 5.56 Å². The lowest BCUT2D eigenvalue weighted by Gasteiger charge is -2.31. The Morgan fingerprint density at radius 1 is 1.23 bits per heavy atom. The predicted octanol–water partition coefficient (Wildman–Crippen LogP) is 3.88. The molecule has 138 valence electrons. The maximum Gasteiger partial charge on any atom is 0.183 e. The van der Waals surface area contributed by atoms with Crippen molar-refractivity contribution in [3.63, 3.8) is 0 Å². The number of aliphatic hydroxyl groups is 1. The van der Waals surface area contributed by atoms with Gasteiger partial charge in [0.2, 0.25) is 0 Å². The van der Waals surface area contributed by atoms with Crippen molar-refractivity contribution in [1.82, 2.24) is 4.90 Å². The van der Waals surface area contributed by atoms with E-state index in [1.54, 1.807) is 24.3 Å². The van der Waals surface area contributed by atoms with Gasteiger partial charge in [-0.25, -0.2) is 4.39 Å². The van der Waals surface area contributed by atoms with Gasteiger partial charge < -0.3 is 14.7 Å². The summed E-state index contributed by atoms with van der Waals surface area (Å²) in [7, 11) is 4.00. The molecule has 0 fully saturated rings. The van der Waals surface area contributed by atoms with E-state index >= 15 is 0 Å². The van der Waals surface area contributed by atoms with E-state index in [1.165, 1.54) is 12.1 Å². The molecular weight excluding hydrogens is 399 g/mol. The second-order valence-corrected chi connectivity index (χ2v) is 6.62. The Balaban J connectivity index is 0.00000243. The van der Waals surface area contributed by atoms with Crippen LogP contribution in [-0.4, -0.2) is 30.6 Å². The van der Waals surface area contributed by atoms with Crippen molar-refractivity contribution >= 4 is 17.0 Å². The maximum atomic E-state index is 13.4. The van der Waals surface area contributed by atoms with E-state index in [0.717, 1.165) is 24.1 Å². The van der Waals surface area contributed by atoms with Gasteiger partial charge in [0.1, 0.15) is 11.4 Å². The van der Waals surface area contributed by atoms with Crippen molar-refractivity contribution in [3.05, 3.63) is 70.5 Å². The minimum absolute atomic E-state index is 0. The Morgan fingerprint density at radius 2 is 1.92 bits per heavy atom. The molecule has 0 radical (unpaired) electrons. The van der Waals surface area contributed by atoms with Crippen LogP contribution in [0.2, 0.25) is 0 Å². The van der Waals surface area contributed by atoms with Crippen molar-refractivity contribution in [3.8, 4) is 6.07 Å². The van der Waals surface area contributed by atoms with E-state index in [2.05, 4.69) is 11.0 Å². The topological polar surface area (TPSA) is 56.5 Å². The van der Waals surface area contributed by atoms with Crippen LogP contribution in [0, 0.1) is 17.1 Å². The molecule has 3 rings (SSSR count). The summed E-state index contributed by atoms with van der Waals surface area (Å²) >= 11 is 0. The third-order valence-corrected chi connectivity index (χ3v) is 4.64. The second kappa shape index (κ2) is 8.28. The fourth-order valence-electron chi connectivity index (χ4n) is 3.45. The number of ether oxygens (including phenoxy) is 1. The quantitative estimate of drug-likeness (QED) is 0.796. The molecule has 0 saturated heterocycles. The molecule has 0 aliphatic carbocycles. The smallest absolute Gasteiger partial charge is 0.183 e. The summed E-state index contributed by atoms with van der Waals surface area (Å²) in [4.78, 5) is 2.09. The molecule has 2 aromatic rings. The zero-order chi connectivity index (χ0) is 18.0. The van der Waals surface area contributed by atoms with Crippen LogP contribution in [0.15, 0.2) is 42.5 Å². The molecule has 2 atom stereocenters. The van der Waals surface area contributed by atoms with Crippen LogP contribution in [0.1, 0.15) is 41.4 Å². The summed E-state index contributed by atoms with van der Waals surface area (Å²) in [5.74, 6) is -0.314. The van der Waals surface area contributed by atoms with Crippen LogP contribution in [0.5, 0.6) is 0 Å². The molecule has 0 aromatic heterocycles. The number of aliphatic hydroxyl groups excluding tert-OH is 1. The number of benzene rings is 2. The summed E-state index contributed by atoms with van der Waals surface area (Å²) in [5, 5.41) is 19.6. The van der Waals surface area contributed by atoms with Crippen molar-refractivity contribution in [2.75, 3.05) is 20.6 Å². The molecule has 26 heavy (non-hydrogen) atoms. The highest BCUT2D eigenvalue weighted by Crippen LogP contribution is 2.49. The molecule has 1 aliphatic rings. The van der Waals surface area contributed by atoms with Crippen LogP contribution in [0.4, 0.5) is 4.39 Å². The van der Waals surface area contributed by atoms with E-state index in [4.69, 9.17) is 10.00 Å². The van der Waals surface area contributed by atoms with Gasteiger partial charge in [-0.1, -0.05) is 18.2 Å². The Morgan fingerprint density at radius 3 is 2.54 bits per heavy atom. The summed E-state index contributed by atoms with van der Waals surface area (Å²) < 4.78 is 19.4. The fraction of sp³-hybridized carbons (Fsp3) is 0.350. The average molecular weight is 421 g/mol. The predicted molar refractivity (Wildman–Crippen MR) is 102 cm³/mol. The molecule has 6 heteroatoms. The number of nitrogens with zero attached hydrogens (tertiary/aromatic N) is 2. The number of rotatable bonds is 5. The first-order valence-corrected chi connectivity index (χ1v) is 8.27. The average Bonchev–Trinajstić information content (AvgIpc) is 2.88. The molecule has 2 unspecified atom stereocenters. The Kier molecular flexibility index (Phi) is 6.53. The van der Waals surface area contributed by atoms with Crippen LogP contribution < -0.4 is 0 Å². The Labute approximate surface area is 163 Å². The highest BCUT2D eigenvalue weighted by Gasteiger charge is 2.45. The van der Waals surface area contributed by atoms with E-state index in [1.807, 2.05) is 20.2 Å². The van der Waals surface area contributed by atoms with Gasteiger partial charge in [0.15, 0.2) is 6.29 Å². The van der Waals surface area contributed by atoms with Crippen molar-refractivity contribution in [2.45, 2.75) is 24.7 Å². The fourth-order valence-corrected chi connectivity index (χ4v) is 3.45. The largest absolute Gasteiger partial charge is 0.364 e. The van der Waals surface area contributed by atoms with Gasteiger partial charge in [-0.15, -0.1) is 17.0 Å². The van der Waals surface area contributed by atoms with Crippen LogP contribution in [-0.2, 0) is 10.3 Å². The van der Waals surface area contributed by atoms with E-state index < -0.39 is 11.9 Å². The minimum Gasteiger partial charge on any atom is -0.364 e. The third kappa shape index (κ3) is 3.81. The van der Waals surface area contributed by atoms with E-state index in [9.17, 15) is 9.50 Å². The Hall–Kier alpha value is -1.78. The lowest BCUT2D eigenvalue weighted by molar-refractivity contribution is -0.159. The monoisotopic (exact) mass is 420 g/mol. The molecule has 1 aliphatic heterocycles. The zero-order valence-corrected chi connectivity index (χ0v) is 16.5. The van der Waals surface area contributed by atoms with Crippen molar-refractivity contribution in [1.29, 1.82) is 5.26 Å². The lowest BCUT2D eigenvalue weighted by atomic mass is 9.81. The van der Waals surface area contributed by atoms with Crippen LogP contribution in [0.25, 0.3) is 0 Å². The number of hydrogen-bond acceptors (Lipinski definition) is 4. The van der Waals surface area contributed by atoms with Crippen LogP contribution >= 0.6 is 17.0 Å². The zero-order valence-electron chi connectivity index (χ0n) is 14.8. The molecule has 0 bridgehead atoms. The Bertz CT molecular complexity index is 804. The normalized spacial score (nSPS) is 21.2. The SMILES string of the molecule is Br.CN(C)CCCC1(c2ccc(F)cc2)OC(O)c2cc(C#N)ccc21. The first-order valence-electron chi connectivity index (χ1n) is 8.27. The van der Waals surface area contributed by atoms with Gasteiger partial charge in [-0.05, 0) is 68.9 Å². The third-order valence-electron chi connectivity index (χ3n) is 4.64. The highest BCUT2D eigenvalue weighted by atomic mass is 79.9. The summed E-state index contributed by atoms with van der Waals surface area (Å²) in [5.41, 5.74) is 1.88. The van der Waals surface area contributed by atoms with Gasteiger partial charge in [0.05, 0.1) is 11.6 Å². The number of hydrogen-bond donors (Lipinski definition) is 1.